The van der Waals surface area contributed by atoms with Gasteiger partial charge in [-0.3, -0.25) is 19.2 Å². The van der Waals surface area contributed by atoms with E-state index in [1.165, 1.54) is 33.0 Å². The summed E-state index contributed by atoms with van der Waals surface area (Å²) >= 11 is 0. The first-order valence-electron chi connectivity index (χ1n) is 26.7. The predicted molar refractivity (Wildman–Crippen MR) is 296 cm³/mol. The fourth-order valence-corrected chi connectivity index (χ4v) is 7.70. The first-order chi connectivity index (χ1) is 37.1. The van der Waals surface area contributed by atoms with Crippen LogP contribution >= 0.6 is 0 Å². The number of esters is 1. The van der Waals surface area contributed by atoms with Crippen LogP contribution in [-0.4, -0.2) is 165 Å². The van der Waals surface area contributed by atoms with Crippen LogP contribution in [0.3, 0.4) is 0 Å². The lowest BCUT2D eigenvalue weighted by molar-refractivity contribution is -0.145. The van der Waals surface area contributed by atoms with Gasteiger partial charge in [0.1, 0.15) is 71.3 Å². The smallest absolute Gasteiger partial charge is 0.410 e. The second-order valence-corrected chi connectivity index (χ2v) is 23.2. The van der Waals surface area contributed by atoms with Crippen molar-refractivity contribution in [1.82, 2.24) is 41.7 Å². The maximum absolute atomic E-state index is 15.1. The van der Waals surface area contributed by atoms with Crippen LogP contribution in [0.4, 0.5) is 19.2 Å². The van der Waals surface area contributed by atoms with Crippen LogP contribution in [0.5, 0.6) is 11.5 Å². The molecule has 8 amide bonds. The number of hydrogen-bond donors (Lipinski definition) is 6. The van der Waals surface area contributed by atoms with E-state index in [4.69, 9.17) is 33.2 Å². The number of ether oxygens (including phenoxy) is 7. The molecule has 0 aliphatic carbocycles. The lowest BCUT2D eigenvalue weighted by atomic mass is 9.93. The summed E-state index contributed by atoms with van der Waals surface area (Å²) in [5.41, 5.74) is -1.67. The molecule has 2 aromatic carbocycles. The molecule has 0 spiro atoms. The van der Waals surface area contributed by atoms with Crippen molar-refractivity contribution in [2.75, 3.05) is 60.6 Å². The van der Waals surface area contributed by atoms with E-state index in [2.05, 4.69) is 31.9 Å². The standard InChI is InChI=1S/C56H86N8O16/c1-34-45(66)62-40(48(69)74-16)32-35-20-22-41(75-29-26-58-50(71)78-54(5,6)7)37(31-35)38-33-36(21-23-42(38)76-30-27-59-51(72)79-55(8,9)10)44(46(67)60-34)64(15)47(68)39(19-17-18-25-57-49(70)77-53(2,3)4)61-43(65)24-28-63(14)52(73)80-56(11,12)13/h20-23,31,33-34,39-40,44H,17-19,24-30,32H2,1-16H3,(H,57,70)(H,58,71)(H,59,72)(H,60,67)(H,61,65)(H,62,66)/t34-,39-,40-,44-/m0/s1. The molecule has 0 aromatic heterocycles. The minimum atomic E-state index is -1.53. The van der Waals surface area contributed by atoms with Crippen LogP contribution in [-0.2, 0) is 54.1 Å². The van der Waals surface area contributed by atoms with Gasteiger partial charge >= 0.3 is 30.3 Å². The van der Waals surface area contributed by atoms with E-state index in [1.54, 1.807) is 119 Å². The van der Waals surface area contributed by atoms with Gasteiger partial charge in [-0.15, -0.1) is 0 Å². The van der Waals surface area contributed by atoms with Crippen molar-refractivity contribution < 1.29 is 76.3 Å². The van der Waals surface area contributed by atoms with E-state index in [9.17, 15) is 38.4 Å². The number of nitrogens with one attached hydrogen (secondary N) is 6. The number of hydrogen-bond acceptors (Lipinski definition) is 16. The summed E-state index contributed by atoms with van der Waals surface area (Å²) < 4.78 is 39.3. The van der Waals surface area contributed by atoms with Gasteiger partial charge in [-0.25, -0.2) is 24.0 Å². The summed E-state index contributed by atoms with van der Waals surface area (Å²) in [6.07, 6.45) is -2.28. The SMILES string of the molecule is COC(=O)[C@@H]1Cc2ccc(OCCNC(=O)OC(C)(C)C)c(c2)-c2cc(ccc2OCCNC(=O)OC(C)(C)C)[C@H](N(C)C(=O)[C@H](CCCCNC(=O)OC(C)(C)C)NC(=O)CCN(C)C(=O)OC(C)(C)C)C(=O)N[C@@H](C)C(=O)N1. The third kappa shape index (κ3) is 23.8. The van der Waals surface area contributed by atoms with Crippen molar-refractivity contribution >= 4 is 54.0 Å². The van der Waals surface area contributed by atoms with Gasteiger partial charge in [0.2, 0.25) is 23.6 Å². The van der Waals surface area contributed by atoms with E-state index in [1.807, 2.05) is 0 Å². The van der Waals surface area contributed by atoms with E-state index in [-0.39, 0.29) is 75.7 Å². The maximum atomic E-state index is 15.1. The molecule has 0 unspecified atom stereocenters. The number of alkyl carbamates (subject to hydrolysis) is 3. The number of amides is 8. The lowest BCUT2D eigenvalue weighted by Crippen LogP contribution is -2.55. The Morgan fingerprint density at radius 1 is 0.650 bits per heavy atom. The average molecular weight is 1130 g/mol. The third-order valence-electron chi connectivity index (χ3n) is 11.3. The fourth-order valence-electron chi connectivity index (χ4n) is 7.70. The molecule has 1 aliphatic heterocycles. The van der Waals surface area contributed by atoms with E-state index in [0.29, 0.717) is 29.5 Å². The largest absolute Gasteiger partial charge is 0.491 e. The minimum Gasteiger partial charge on any atom is -0.491 e. The average Bonchev–Trinajstić information content (AvgIpc) is 3.34. The number of carbonyl (C=O) groups is 9. The molecule has 0 fully saturated rings. The van der Waals surface area contributed by atoms with Crippen LogP contribution < -0.4 is 41.4 Å². The molecule has 1 aliphatic rings. The summed E-state index contributed by atoms with van der Waals surface area (Å²) in [4.78, 5) is 124. The van der Waals surface area contributed by atoms with Crippen molar-refractivity contribution in [2.45, 2.75) is 169 Å². The maximum Gasteiger partial charge on any atom is 0.410 e. The zero-order valence-corrected chi connectivity index (χ0v) is 49.5. The summed E-state index contributed by atoms with van der Waals surface area (Å²) in [7, 11) is 4.01. The summed E-state index contributed by atoms with van der Waals surface area (Å²) in [5.74, 6) is -3.21. The normalized spacial score (nSPS) is 16.1. The minimum absolute atomic E-state index is 0.00202. The molecule has 0 saturated heterocycles. The van der Waals surface area contributed by atoms with E-state index < -0.39 is 101 Å². The first kappa shape index (κ1) is 66.7. The molecule has 2 aromatic rings. The molecule has 6 N–H and O–H groups in total. The third-order valence-corrected chi connectivity index (χ3v) is 11.3. The zero-order valence-electron chi connectivity index (χ0n) is 49.5. The van der Waals surface area contributed by atoms with Gasteiger partial charge in [0, 0.05) is 51.2 Å². The Labute approximate surface area is 470 Å². The first-order valence-corrected chi connectivity index (χ1v) is 26.7. The van der Waals surface area contributed by atoms with Crippen LogP contribution in [0.2, 0.25) is 0 Å². The number of unbranched alkanes of at least 4 members (excludes halogenated alkanes) is 1. The van der Waals surface area contributed by atoms with Crippen LogP contribution in [0.25, 0.3) is 11.1 Å². The van der Waals surface area contributed by atoms with Crippen molar-refractivity contribution in [2.24, 2.45) is 0 Å². The lowest BCUT2D eigenvalue weighted by Gasteiger charge is -2.33. The van der Waals surface area contributed by atoms with Gasteiger partial charge in [-0.1, -0.05) is 12.1 Å². The molecule has 80 heavy (non-hydrogen) atoms. The van der Waals surface area contributed by atoms with Gasteiger partial charge in [0.15, 0.2) is 0 Å². The molecule has 3 rings (SSSR count). The molecule has 1 heterocycles. The summed E-state index contributed by atoms with van der Waals surface area (Å²) in [5, 5.41) is 16.2. The predicted octanol–water partition coefficient (Wildman–Crippen LogP) is 5.82. The molecule has 4 atom stereocenters. The highest BCUT2D eigenvalue weighted by atomic mass is 16.6. The van der Waals surface area contributed by atoms with Gasteiger partial charge in [-0.2, -0.15) is 0 Å². The molecule has 24 heteroatoms. The van der Waals surface area contributed by atoms with Crippen molar-refractivity contribution in [3.05, 3.63) is 47.5 Å². The number of carbonyl (C=O) groups excluding carboxylic acids is 9. The van der Waals surface area contributed by atoms with Gasteiger partial charge in [0.25, 0.3) is 0 Å². The molecular formula is C56H86N8O16. The second kappa shape index (κ2) is 29.6. The van der Waals surface area contributed by atoms with Crippen molar-refractivity contribution in [3.63, 3.8) is 0 Å². The Balaban J connectivity index is 2.23. The van der Waals surface area contributed by atoms with Crippen molar-refractivity contribution in [3.8, 4) is 22.6 Å². The molecule has 0 radical (unpaired) electrons. The molecule has 446 valence electrons. The van der Waals surface area contributed by atoms with Crippen LogP contribution in [0.1, 0.15) is 133 Å². The fraction of sp³-hybridized carbons (Fsp3) is 0.625. The number of rotatable bonds is 20. The summed E-state index contributed by atoms with van der Waals surface area (Å²) in [6.45, 7) is 22.0. The Bertz CT molecular complexity index is 2490. The molecule has 0 saturated carbocycles. The zero-order chi connectivity index (χ0) is 60.3. The second-order valence-electron chi connectivity index (χ2n) is 23.2. The van der Waals surface area contributed by atoms with Crippen LogP contribution in [0, 0.1) is 0 Å². The van der Waals surface area contributed by atoms with E-state index in [0.717, 1.165) is 4.90 Å². The summed E-state index contributed by atoms with van der Waals surface area (Å²) in [6, 6.07) is 4.40. The number of methoxy groups -OCH3 is 1. The highest BCUT2D eigenvalue weighted by Crippen LogP contribution is 2.40. The topological polar surface area (TPSA) is 297 Å². The van der Waals surface area contributed by atoms with Crippen molar-refractivity contribution in [1.29, 1.82) is 0 Å². The highest BCUT2D eigenvalue weighted by Gasteiger charge is 2.37. The Hall–Kier alpha value is -7.53. The Morgan fingerprint density at radius 2 is 1.15 bits per heavy atom. The number of fused-ring (bicyclic) bond motifs is 5. The van der Waals surface area contributed by atoms with Crippen LogP contribution in [0.15, 0.2) is 36.4 Å². The molecular weight excluding hydrogens is 1040 g/mol. The molecule has 4 bridgehead atoms. The Morgan fingerprint density at radius 3 is 1.66 bits per heavy atom. The number of likely N-dealkylation sites (N-methyl/N-ethyl adjacent to an activating group) is 1. The number of nitrogens with zero attached hydrogens (tertiary/aromatic N) is 2. The van der Waals surface area contributed by atoms with E-state index >= 15 is 4.79 Å². The van der Waals surface area contributed by atoms with Gasteiger partial charge < -0.3 is 74.9 Å². The number of benzene rings is 2. The highest BCUT2D eigenvalue weighted by molar-refractivity contribution is 5.96. The molecule has 24 nitrogen and oxygen atoms in total. The van der Waals surface area contributed by atoms with Gasteiger partial charge in [0.05, 0.1) is 20.2 Å². The quantitative estimate of drug-likeness (QED) is 0.0517. The monoisotopic (exact) mass is 1130 g/mol. The Kier molecular flexibility index (Phi) is 24.7. The van der Waals surface area contributed by atoms with Gasteiger partial charge in [-0.05, 0) is 145 Å².